The van der Waals surface area contributed by atoms with E-state index in [1.165, 1.54) is 0 Å². The third kappa shape index (κ3) is 3.71. The zero-order valence-corrected chi connectivity index (χ0v) is 17.2. The van der Waals surface area contributed by atoms with Gasteiger partial charge in [-0.1, -0.05) is 31.6 Å². The summed E-state index contributed by atoms with van der Waals surface area (Å²) in [7, 11) is 0. The van der Waals surface area contributed by atoms with Gasteiger partial charge in [0, 0.05) is 30.8 Å². The molecular formula is C22H26F2N4O3. The van der Waals surface area contributed by atoms with Crippen molar-refractivity contribution in [1.82, 2.24) is 15.5 Å². The molecule has 1 atom stereocenters. The van der Waals surface area contributed by atoms with Crippen molar-refractivity contribution in [1.29, 1.82) is 0 Å². The Bertz CT molecular complexity index is 956. The van der Waals surface area contributed by atoms with Crippen LogP contribution in [0.25, 0.3) is 0 Å². The first-order chi connectivity index (χ1) is 14.6. The molecule has 1 aromatic carbocycles. The fourth-order valence-electron chi connectivity index (χ4n) is 4.71. The summed E-state index contributed by atoms with van der Waals surface area (Å²) < 4.78 is 29.2. The number of nitrogens with zero attached hydrogens (tertiary/aromatic N) is 1. The van der Waals surface area contributed by atoms with Crippen LogP contribution in [0.15, 0.2) is 30.5 Å². The maximum Gasteiger partial charge on any atom is 0.341 e. The maximum atomic E-state index is 14.6. The zero-order chi connectivity index (χ0) is 22.4. The average molecular weight is 432 g/mol. The van der Waals surface area contributed by atoms with Gasteiger partial charge in [-0.25, -0.2) is 0 Å². The van der Waals surface area contributed by atoms with Crippen molar-refractivity contribution in [3.63, 3.8) is 0 Å². The quantitative estimate of drug-likeness (QED) is 0.662. The van der Waals surface area contributed by atoms with Gasteiger partial charge in [0.15, 0.2) is 0 Å². The van der Waals surface area contributed by atoms with E-state index < -0.39 is 17.4 Å². The Morgan fingerprint density at radius 1 is 1.32 bits per heavy atom. The van der Waals surface area contributed by atoms with Crippen molar-refractivity contribution in [3.8, 4) is 0 Å². The van der Waals surface area contributed by atoms with Crippen LogP contribution >= 0.6 is 0 Å². The van der Waals surface area contributed by atoms with Gasteiger partial charge in [0.25, 0.3) is 11.8 Å². The van der Waals surface area contributed by atoms with Crippen LogP contribution < -0.4 is 16.4 Å². The molecule has 1 aromatic rings. The first-order valence-corrected chi connectivity index (χ1v) is 10.5. The molecule has 9 heteroatoms. The van der Waals surface area contributed by atoms with Gasteiger partial charge < -0.3 is 21.3 Å². The van der Waals surface area contributed by atoms with Crippen LogP contribution in [0.5, 0.6) is 0 Å². The van der Waals surface area contributed by atoms with Gasteiger partial charge in [0.05, 0.1) is 11.6 Å². The van der Waals surface area contributed by atoms with Gasteiger partial charge in [0.2, 0.25) is 5.91 Å². The molecule has 1 saturated heterocycles. The van der Waals surface area contributed by atoms with Crippen LogP contribution in [-0.2, 0) is 22.7 Å². The maximum absolute atomic E-state index is 14.6. The predicted octanol–water partition coefficient (Wildman–Crippen LogP) is 1.96. The van der Waals surface area contributed by atoms with Gasteiger partial charge in [-0.05, 0) is 36.5 Å². The SMILES string of the molecule is C=C1NC(=O)CCC1N1Cc2cc(CNC(=O)C(F)(F)C3(N)CCCC3)ccc2C1=O. The molecule has 2 aliphatic heterocycles. The lowest BCUT2D eigenvalue weighted by Gasteiger charge is -2.32. The smallest absolute Gasteiger partial charge is 0.341 e. The summed E-state index contributed by atoms with van der Waals surface area (Å²) in [4.78, 5) is 38.2. The number of hydrogen-bond acceptors (Lipinski definition) is 4. The molecule has 2 fully saturated rings. The molecule has 1 unspecified atom stereocenters. The molecule has 0 spiro atoms. The molecule has 2 heterocycles. The molecular weight excluding hydrogens is 406 g/mol. The highest BCUT2D eigenvalue weighted by molar-refractivity contribution is 5.99. The molecule has 4 rings (SSSR count). The number of halogens is 2. The van der Waals surface area contributed by atoms with Crippen molar-refractivity contribution >= 4 is 17.7 Å². The van der Waals surface area contributed by atoms with Crippen LogP contribution in [0.1, 0.15) is 60.0 Å². The summed E-state index contributed by atoms with van der Waals surface area (Å²) in [5, 5.41) is 4.98. The first kappa shape index (κ1) is 21.4. The van der Waals surface area contributed by atoms with E-state index in [4.69, 9.17) is 5.73 Å². The Kier molecular flexibility index (Phi) is 5.33. The van der Waals surface area contributed by atoms with E-state index in [1.54, 1.807) is 23.1 Å². The molecule has 3 aliphatic rings. The topological polar surface area (TPSA) is 105 Å². The van der Waals surface area contributed by atoms with Crippen molar-refractivity contribution in [3.05, 3.63) is 47.2 Å². The molecule has 0 radical (unpaired) electrons. The van der Waals surface area contributed by atoms with Crippen molar-refractivity contribution in [2.75, 3.05) is 0 Å². The fourth-order valence-corrected chi connectivity index (χ4v) is 4.71. The second-order valence-electron chi connectivity index (χ2n) is 8.67. The van der Waals surface area contributed by atoms with Crippen molar-refractivity contribution < 1.29 is 23.2 Å². The van der Waals surface area contributed by atoms with Gasteiger partial charge in [-0.3, -0.25) is 14.4 Å². The van der Waals surface area contributed by atoms with E-state index in [0.29, 0.717) is 49.1 Å². The number of hydrogen-bond donors (Lipinski definition) is 3. The van der Waals surface area contributed by atoms with Gasteiger partial charge >= 0.3 is 5.92 Å². The van der Waals surface area contributed by atoms with Gasteiger partial charge in [-0.15, -0.1) is 0 Å². The largest absolute Gasteiger partial charge is 0.347 e. The Morgan fingerprint density at radius 2 is 2.03 bits per heavy atom. The number of nitrogens with one attached hydrogen (secondary N) is 2. The highest BCUT2D eigenvalue weighted by atomic mass is 19.3. The predicted molar refractivity (Wildman–Crippen MR) is 109 cm³/mol. The fraction of sp³-hybridized carbons (Fsp3) is 0.500. The lowest BCUT2D eigenvalue weighted by atomic mass is 9.90. The minimum absolute atomic E-state index is 0.0852. The van der Waals surface area contributed by atoms with E-state index >= 15 is 0 Å². The second-order valence-corrected chi connectivity index (χ2v) is 8.67. The Hall–Kier alpha value is -2.81. The number of alkyl halides is 2. The number of amides is 3. The number of rotatable bonds is 5. The molecule has 0 aromatic heterocycles. The van der Waals surface area contributed by atoms with Crippen LogP contribution in [0.2, 0.25) is 0 Å². The summed E-state index contributed by atoms with van der Waals surface area (Å²) in [5.74, 6) is -5.29. The summed E-state index contributed by atoms with van der Waals surface area (Å²) in [6, 6.07) is 4.74. The highest BCUT2D eigenvalue weighted by Crippen LogP contribution is 2.40. The molecule has 1 aliphatic carbocycles. The molecule has 1 saturated carbocycles. The number of carbonyl (C=O) groups is 3. The molecule has 166 valence electrons. The van der Waals surface area contributed by atoms with Crippen LogP contribution in [0.4, 0.5) is 8.78 Å². The first-order valence-electron chi connectivity index (χ1n) is 10.5. The highest BCUT2D eigenvalue weighted by Gasteiger charge is 2.57. The monoisotopic (exact) mass is 432 g/mol. The van der Waals surface area contributed by atoms with Crippen LogP contribution in [0.3, 0.4) is 0 Å². The minimum Gasteiger partial charge on any atom is -0.347 e. The number of benzene rings is 1. The number of carbonyl (C=O) groups excluding carboxylic acids is 3. The third-order valence-corrected chi connectivity index (χ3v) is 6.58. The Balaban J connectivity index is 1.42. The molecule has 31 heavy (non-hydrogen) atoms. The van der Waals surface area contributed by atoms with Gasteiger partial charge in [-0.2, -0.15) is 8.78 Å². The Labute approximate surface area is 179 Å². The van der Waals surface area contributed by atoms with E-state index in [1.807, 2.05) is 0 Å². The van der Waals surface area contributed by atoms with E-state index in [0.717, 1.165) is 5.56 Å². The summed E-state index contributed by atoms with van der Waals surface area (Å²) in [6.07, 6.45) is 2.24. The molecule has 4 N–H and O–H groups in total. The van der Waals surface area contributed by atoms with Crippen molar-refractivity contribution in [2.24, 2.45) is 5.73 Å². The number of nitrogens with two attached hydrogens (primary N) is 1. The minimum atomic E-state index is -3.64. The molecule has 0 bridgehead atoms. The summed E-state index contributed by atoms with van der Waals surface area (Å²) in [5.41, 5.74) is 6.41. The summed E-state index contributed by atoms with van der Waals surface area (Å²) >= 11 is 0. The van der Waals surface area contributed by atoms with Crippen LogP contribution in [-0.4, -0.2) is 40.1 Å². The third-order valence-electron chi connectivity index (χ3n) is 6.58. The molecule has 7 nitrogen and oxygen atoms in total. The summed E-state index contributed by atoms with van der Waals surface area (Å²) in [6.45, 7) is 4.11. The van der Waals surface area contributed by atoms with E-state index in [2.05, 4.69) is 17.2 Å². The molecule has 3 amide bonds. The zero-order valence-electron chi connectivity index (χ0n) is 17.2. The Morgan fingerprint density at radius 3 is 2.71 bits per heavy atom. The lowest BCUT2D eigenvalue weighted by Crippen LogP contribution is -2.60. The van der Waals surface area contributed by atoms with Crippen LogP contribution in [0, 0.1) is 0 Å². The lowest BCUT2D eigenvalue weighted by molar-refractivity contribution is -0.156. The van der Waals surface area contributed by atoms with Gasteiger partial charge in [0.1, 0.15) is 0 Å². The normalized spacial score (nSPS) is 23.0. The average Bonchev–Trinajstić information content (AvgIpc) is 3.31. The van der Waals surface area contributed by atoms with E-state index in [-0.39, 0.29) is 37.2 Å². The second kappa shape index (κ2) is 7.71. The number of piperidine rings is 1. The van der Waals surface area contributed by atoms with Crippen molar-refractivity contribution in [2.45, 2.75) is 69.1 Å². The standard InChI is InChI=1S/C22H26F2N4O3/c1-13-17(6-7-18(29)27-13)28-12-15-10-14(4-5-16(15)19(28)30)11-26-20(31)22(23,24)21(25)8-2-3-9-21/h4-5,10,17H,1-3,6-9,11-12,25H2,(H,26,31)(H,27,29). The van der Waals surface area contributed by atoms with E-state index in [9.17, 15) is 23.2 Å². The number of fused-ring (bicyclic) bond motifs is 1.